The predicted molar refractivity (Wildman–Crippen MR) is 83.0 cm³/mol. The molecule has 0 fully saturated rings. The van der Waals surface area contributed by atoms with Gasteiger partial charge in [0.1, 0.15) is 5.82 Å². The molecule has 2 aromatic rings. The minimum Gasteiger partial charge on any atom is -0.493 e. The smallest absolute Gasteiger partial charge is 0.163 e. The highest BCUT2D eigenvalue weighted by atomic mass is 35.5. The molecule has 0 aliphatic heterocycles. The zero-order valence-electron chi connectivity index (χ0n) is 12.3. The lowest BCUT2D eigenvalue weighted by Crippen LogP contribution is -2.06. The van der Waals surface area contributed by atoms with E-state index in [2.05, 4.69) is 0 Å². The first-order valence-corrected chi connectivity index (χ1v) is 7.12. The van der Waals surface area contributed by atoms with E-state index in [4.69, 9.17) is 21.1 Å². The first kappa shape index (κ1) is 15.6. The molecule has 2 rings (SSSR count). The fourth-order valence-electron chi connectivity index (χ4n) is 2.28. The minimum absolute atomic E-state index is 0.0273. The summed E-state index contributed by atoms with van der Waals surface area (Å²) in [7, 11) is 2.99. The van der Waals surface area contributed by atoms with Crippen LogP contribution in [0.5, 0.6) is 11.5 Å². The van der Waals surface area contributed by atoms with Gasteiger partial charge in [-0.05, 0) is 11.6 Å². The molecule has 2 atom stereocenters. The van der Waals surface area contributed by atoms with Gasteiger partial charge in [-0.25, -0.2) is 4.39 Å². The molecule has 0 aliphatic carbocycles. The molecular formula is C17H18ClFO2. The number of methoxy groups -OCH3 is 2. The normalized spacial score (nSPS) is 13.6. The van der Waals surface area contributed by atoms with Crippen molar-refractivity contribution in [3.05, 3.63) is 59.4 Å². The molecule has 0 spiro atoms. The zero-order valence-corrected chi connectivity index (χ0v) is 13.0. The number of hydrogen-bond acceptors (Lipinski definition) is 2. The van der Waals surface area contributed by atoms with Gasteiger partial charge in [-0.3, -0.25) is 0 Å². The molecule has 2 unspecified atom stereocenters. The summed E-state index contributed by atoms with van der Waals surface area (Å²) in [5.41, 5.74) is 1.47. The molecule has 4 heteroatoms. The van der Waals surface area contributed by atoms with E-state index in [1.54, 1.807) is 6.07 Å². The number of ether oxygens (including phenoxy) is 2. The maximum Gasteiger partial charge on any atom is 0.163 e. The van der Waals surface area contributed by atoms with Gasteiger partial charge in [0, 0.05) is 17.5 Å². The summed E-state index contributed by atoms with van der Waals surface area (Å²) < 4.78 is 24.6. The van der Waals surface area contributed by atoms with E-state index in [-0.39, 0.29) is 5.92 Å². The quantitative estimate of drug-likeness (QED) is 0.729. The fourth-order valence-corrected chi connectivity index (χ4v) is 2.59. The van der Waals surface area contributed by atoms with Gasteiger partial charge in [-0.15, -0.1) is 11.6 Å². The van der Waals surface area contributed by atoms with E-state index in [0.29, 0.717) is 17.1 Å². The Labute approximate surface area is 129 Å². The SMILES string of the molecule is COc1cc(F)c(C(Cl)C(C)c2ccccc2)cc1OC. The Morgan fingerprint density at radius 1 is 1.00 bits per heavy atom. The van der Waals surface area contributed by atoms with Crippen molar-refractivity contribution >= 4 is 11.6 Å². The van der Waals surface area contributed by atoms with E-state index in [1.807, 2.05) is 37.3 Å². The molecule has 112 valence electrons. The van der Waals surface area contributed by atoms with Crippen LogP contribution in [-0.4, -0.2) is 14.2 Å². The van der Waals surface area contributed by atoms with Crippen LogP contribution >= 0.6 is 11.6 Å². The predicted octanol–water partition coefficient (Wildman–Crippen LogP) is 4.93. The monoisotopic (exact) mass is 308 g/mol. The Morgan fingerprint density at radius 2 is 1.57 bits per heavy atom. The second-order valence-corrected chi connectivity index (χ2v) is 5.30. The van der Waals surface area contributed by atoms with Crippen LogP contribution in [0.15, 0.2) is 42.5 Å². The van der Waals surface area contributed by atoms with Gasteiger partial charge < -0.3 is 9.47 Å². The van der Waals surface area contributed by atoms with Crippen molar-refractivity contribution < 1.29 is 13.9 Å². The maximum atomic E-state index is 14.3. The summed E-state index contributed by atoms with van der Waals surface area (Å²) in [5.74, 6) is 0.408. The first-order valence-electron chi connectivity index (χ1n) is 6.69. The van der Waals surface area contributed by atoms with E-state index < -0.39 is 11.2 Å². The molecule has 0 bridgehead atoms. The number of benzene rings is 2. The van der Waals surface area contributed by atoms with Crippen LogP contribution in [0.4, 0.5) is 4.39 Å². The topological polar surface area (TPSA) is 18.5 Å². The van der Waals surface area contributed by atoms with Crippen LogP contribution in [0.3, 0.4) is 0 Å². The van der Waals surface area contributed by atoms with E-state index in [9.17, 15) is 4.39 Å². The number of rotatable bonds is 5. The van der Waals surface area contributed by atoms with Crippen molar-refractivity contribution in [1.29, 1.82) is 0 Å². The first-order chi connectivity index (χ1) is 10.1. The summed E-state index contributed by atoms with van der Waals surface area (Å²) in [5, 5.41) is -0.493. The maximum absolute atomic E-state index is 14.3. The Hall–Kier alpha value is -1.74. The highest BCUT2D eigenvalue weighted by Crippen LogP contribution is 2.41. The lowest BCUT2D eigenvalue weighted by molar-refractivity contribution is 0.351. The van der Waals surface area contributed by atoms with Gasteiger partial charge in [0.15, 0.2) is 11.5 Å². The van der Waals surface area contributed by atoms with Crippen molar-refractivity contribution in [1.82, 2.24) is 0 Å². The molecule has 0 radical (unpaired) electrons. The Kier molecular flexibility index (Phi) is 5.07. The van der Waals surface area contributed by atoms with Gasteiger partial charge in [-0.2, -0.15) is 0 Å². The number of halogens is 2. The van der Waals surface area contributed by atoms with Gasteiger partial charge in [0.2, 0.25) is 0 Å². The van der Waals surface area contributed by atoms with E-state index in [0.717, 1.165) is 5.56 Å². The van der Waals surface area contributed by atoms with Crippen LogP contribution in [0, 0.1) is 5.82 Å². The third kappa shape index (κ3) is 3.30. The lowest BCUT2D eigenvalue weighted by atomic mass is 9.93. The zero-order chi connectivity index (χ0) is 15.4. The van der Waals surface area contributed by atoms with Crippen LogP contribution in [-0.2, 0) is 0 Å². The van der Waals surface area contributed by atoms with Crippen LogP contribution in [0.2, 0.25) is 0 Å². The second kappa shape index (κ2) is 6.81. The van der Waals surface area contributed by atoms with Crippen LogP contribution < -0.4 is 9.47 Å². The lowest BCUT2D eigenvalue weighted by Gasteiger charge is -2.20. The summed E-state index contributed by atoms with van der Waals surface area (Å²) in [6.07, 6.45) is 0. The molecule has 0 aromatic heterocycles. The largest absolute Gasteiger partial charge is 0.493 e. The van der Waals surface area contributed by atoms with E-state index >= 15 is 0 Å². The second-order valence-electron chi connectivity index (χ2n) is 4.83. The van der Waals surface area contributed by atoms with Gasteiger partial charge >= 0.3 is 0 Å². The van der Waals surface area contributed by atoms with Gasteiger partial charge in [0.25, 0.3) is 0 Å². The minimum atomic E-state index is -0.493. The van der Waals surface area contributed by atoms with Crippen molar-refractivity contribution in [2.45, 2.75) is 18.2 Å². The van der Waals surface area contributed by atoms with E-state index in [1.165, 1.54) is 20.3 Å². The average Bonchev–Trinajstić information content (AvgIpc) is 2.54. The Balaban J connectivity index is 2.37. The standard InChI is InChI=1S/C17H18ClFO2/c1-11(12-7-5-4-6-8-12)17(18)13-9-15(20-2)16(21-3)10-14(13)19/h4-11,17H,1-3H3. The third-order valence-corrected chi connectivity index (χ3v) is 4.18. The molecule has 0 heterocycles. The Bertz CT molecular complexity index is 601. The molecule has 21 heavy (non-hydrogen) atoms. The highest BCUT2D eigenvalue weighted by molar-refractivity contribution is 6.21. The molecule has 2 nitrogen and oxygen atoms in total. The Morgan fingerprint density at radius 3 is 2.14 bits per heavy atom. The summed E-state index contributed by atoms with van der Waals surface area (Å²) in [4.78, 5) is 0. The number of alkyl halides is 1. The van der Waals surface area contributed by atoms with Crippen molar-refractivity contribution in [2.24, 2.45) is 0 Å². The fraction of sp³-hybridized carbons (Fsp3) is 0.294. The molecule has 0 amide bonds. The molecule has 2 aromatic carbocycles. The van der Waals surface area contributed by atoms with Gasteiger partial charge in [0.05, 0.1) is 19.6 Å². The third-order valence-electron chi connectivity index (χ3n) is 3.56. The summed E-state index contributed by atoms with van der Waals surface area (Å²) >= 11 is 6.48. The molecule has 0 saturated heterocycles. The van der Waals surface area contributed by atoms with Crippen molar-refractivity contribution in [3.8, 4) is 11.5 Å². The summed E-state index contributed by atoms with van der Waals surface area (Å²) in [6, 6.07) is 12.7. The van der Waals surface area contributed by atoms with Crippen molar-refractivity contribution in [2.75, 3.05) is 14.2 Å². The molecule has 0 N–H and O–H groups in total. The molecule has 0 saturated carbocycles. The van der Waals surface area contributed by atoms with Crippen molar-refractivity contribution in [3.63, 3.8) is 0 Å². The highest BCUT2D eigenvalue weighted by Gasteiger charge is 2.23. The molecular weight excluding hydrogens is 291 g/mol. The van der Waals surface area contributed by atoms with Crippen LogP contribution in [0.25, 0.3) is 0 Å². The summed E-state index contributed by atoms with van der Waals surface area (Å²) in [6.45, 7) is 1.98. The molecule has 0 aliphatic rings. The van der Waals surface area contributed by atoms with Gasteiger partial charge in [-0.1, -0.05) is 37.3 Å². The number of hydrogen-bond donors (Lipinski definition) is 0. The average molecular weight is 309 g/mol. The van der Waals surface area contributed by atoms with Crippen LogP contribution in [0.1, 0.15) is 29.3 Å².